The van der Waals surface area contributed by atoms with Gasteiger partial charge in [0.25, 0.3) is 0 Å². The zero-order chi connectivity index (χ0) is 13.0. The molecule has 0 aliphatic heterocycles. The minimum absolute atomic E-state index is 0.00145. The van der Waals surface area contributed by atoms with Gasteiger partial charge < -0.3 is 15.2 Å². The van der Waals surface area contributed by atoms with Crippen molar-refractivity contribution < 1.29 is 19.4 Å². The maximum Gasteiger partial charge on any atom is 0.408 e. The Balaban J connectivity index is 4.42. The van der Waals surface area contributed by atoms with Crippen LogP contribution in [0.2, 0.25) is 0 Å². The van der Waals surface area contributed by atoms with Crippen LogP contribution in [0.5, 0.6) is 0 Å². The largest absolute Gasteiger partial charge is 0.481 e. The lowest BCUT2D eigenvalue weighted by atomic mass is 10.0. The molecule has 1 atom stereocenters. The van der Waals surface area contributed by atoms with Crippen molar-refractivity contribution in [3.8, 4) is 0 Å². The number of hydrogen-bond acceptors (Lipinski definition) is 3. The number of amides is 1. The van der Waals surface area contributed by atoms with E-state index in [1.807, 2.05) is 0 Å². The van der Waals surface area contributed by atoms with Gasteiger partial charge in [-0.3, -0.25) is 4.79 Å². The van der Waals surface area contributed by atoms with E-state index in [9.17, 15) is 9.59 Å². The van der Waals surface area contributed by atoms with E-state index in [1.54, 1.807) is 27.7 Å². The van der Waals surface area contributed by atoms with Crippen LogP contribution in [0.3, 0.4) is 0 Å². The number of alkyl carbamates (subject to hydrolysis) is 1. The van der Waals surface area contributed by atoms with Crippen LogP contribution in [0.1, 0.15) is 34.1 Å². The first kappa shape index (κ1) is 15.0. The minimum Gasteiger partial charge on any atom is -0.481 e. The summed E-state index contributed by atoms with van der Waals surface area (Å²) in [7, 11) is 0. The monoisotopic (exact) mass is 251 g/mol. The molecule has 94 valence electrons. The van der Waals surface area contributed by atoms with E-state index in [0.29, 0.717) is 0 Å². The zero-order valence-electron chi connectivity index (χ0n) is 9.96. The third-order valence-electron chi connectivity index (χ3n) is 1.64. The van der Waals surface area contributed by atoms with Gasteiger partial charge in [0.2, 0.25) is 0 Å². The second-order valence-electron chi connectivity index (χ2n) is 4.89. The Labute approximate surface area is 100 Å². The van der Waals surface area contributed by atoms with Crippen molar-refractivity contribution in [3.05, 3.63) is 0 Å². The summed E-state index contributed by atoms with van der Waals surface area (Å²) in [4.78, 5) is 22.0. The van der Waals surface area contributed by atoms with E-state index in [0.717, 1.165) is 0 Å². The number of ether oxygens (including phenoxy) is 1. The summed E-state index contributed by atoms with van der Waals surface area (Å²) in [5.41, 5.74) is -1.63. The zero-order valence-corrected chi connectivity index (χ0v) is 10.7. The molecule has 1 amide bonds. The standard InChI is InChI=1S/C10H18ClNO4/c1-9(2,3)16-8(15)12-10(4,6-11)5-7(13)14/h5-6H2,1-4H3,(H,12,15)(H,13,14)/t10-/m0/s1. The molecular formula is C10H18ClNO4. The van der Waals surface area contributed by atoms with Crippen LogP contribution >= 0.6 is 11.6 Å². The van der Waals surface area contributed by atoms with Gasteiger partial charge in [0, 0.05) is 5.88 Å². The first-order valence-corrected chi connectivity index (χ1v) is 5.40. The molecule has 0 heterocycles. The van der Waals surface area contributed by atoms with Gasteiger partial charge in [0.15, 0.2) is 0 Å². The quantitative estimate of drug-likeness (QED) is 0.749. The highest BCUT2D eigenvalue weighted by Gasteiger charge is 2.30. The molecule has 0 radical (unpaired) electrons. The summed E-state index contributed by atoms with van der Waals surface area (Å²) in [5, 5.41) is 11.1. The number of carboxylic acids is 1. The lowest BCUT2D eigenvalue weighted by Gasteiger charge is -2.28. The summed E-state index contributed by atoms with van der Waals surface area (Å²) in [6.45, 7) is 6.73. The van der Waals surface area contributed by atoms with Crippen molar-refractivity contribution in [2.75, 3.05) is 5.88 Å². The van der Waals surface area contributed by atoms with E-state index < -0.39 is 23.2 Å². The maximum atomic E-state index is 11.4. The van der Waals surface area contributed by atoms with Gasteiger partial charge in [-0.25, -0.2) is 4.79 Å². The van der Waals surface area contributed by atoms with E-state index in [2.05, 4.69) is 5.32 Å². The number of rotatable bonds is 4. The van der Waals surface area contributed by atoms with Crippen molar-refractivity contribution in [2.45, 2.75) is 45.3 Å². The molecule has 5 nitrogen and oxygen atoms in total. The Kier molecular flexibility index (Phi) is 5.06. The number of halogens is 1. The number of aliphatic carboxylic acids is 1. The van der Waals surface area contributed by atoms with Crippen LogP contribution in [0, 0.1) is 0 Å². The van der Waals surface area contributed by atoms with Gasteiger partial charge >= 0.3 is 12.1 Å². The highest BCUT2D eigenvalue weighted by molar-refractivity contribution is 6.18. The van der Waals surface area contributed by atoms with Gasteiger partial charge in [0.1, 0.15) is 5.60 Å². The van der Waals surface area contributed by atoms with E-state index >= 15 is 0 Å². The van der Waals surface area contributed by atoms with Crippen molar-refractivity contribution in [3.63, 3.8) is 0 Å². The van der Waals surface area contributed by atoms with Crippen molar-refractivity contribution >= 4 is 23.7 Å². The molecule has 0 unspecified atom stereocenters. The van der Waals surface area contributed by atoms with Gasteiger partial charge in [-0.15, -0.1) is 11.6 Å². The molecule has 0 spiro atoms. The normalized spacial score (nSPS) is 15.1. The average molecular weight is 252 g/mol. The van der Waals surface area contributed by atoms with Crippen LogP contribution in [-0.4, -0.2) is 34.2 Å². The Morgan fingerprint density at radius 1 is 1.31 bits per heavy atom. The topological polar surface area (TPSA) is 75.6 Å². The van der Waals surface area contributed by atoms with Crippen LogP contribution in [0.4, 0.5) is 4.79 Å². The predicted molar refractivity (Wildman–Crippen MR) is 60.7 cm³/mol. The fourth-order valence-electron chi connectivity index (χ4n) is 1.01. The molecule has 0 aliphatic carbocycles. The van der Waals surface area contributed by atoms with Crippen molar-refractivity contribution in [2.24, 2.45) is 0 Å². The van der Waals surface area contributed by atoms with Gasteiger partial charge in [-0.2, -0.15) is 0 Å². The SMILES string of the molecule is CC(C)(C)OC(=O)N[C@](C)(CCl)CC(=O)O. The Hall–Kier alpha value is -0.970. The van der Waals surface area contributed by atoms with Crippen molar-refractivity contribution in [1.29, 1.82) is 0 Å². The van der Waals surface area contributed by atoms with Gasteiger partial charge in [0.05, 0.1) is 12.0 Å². The average Bonchev–Trinajstić information content (AvgIpc) is 1.98. The molecule has 0 fully saturated rings. The first-order chi connectivity index (χ1) is 7.08. The molecule has 6 heteroatoms. The molecule has 0 aromatic heterocycles. The molecule has 0 aromatic rings. The van der Waals surface area contributed by atoms with Crippen molar-refractivity contribution in [1.82, 2.24) is 5.32 Å². The summed E-state index contributed by atoms with van der Waals surface area (Å²) in [6.07, 6.45) is -0.924. The van der Waals surface area contributed by atoms with E-state index in [1.165, 1.54) is 0 Å². The number of alkyl halides is 1. The lowest BCUT2D eigenvalue weighted by Crippen LogP contribution is -2.50. The number of carbonyl (C=O) groups excluding carboxylic acids is 1. The fraction of sp³-hybridized carbons (Fsp3) is 0.800. The molecule has 0 bridgehead atoms. The molecule has 0 saturated heterocycles. The van der Waals surface area contributed by atoms with Crippen LogP contribution < -0.4 is 5.32 Å². The van der Waals surface area contributed by atoms with Crippen LogP contribution in [-0.2, 0) is 9.53 Å². The number of hydrogen-bond donors (Lipinski definition) is 2. The summed E-state index contributed by atoms with van der Waals surface area (Å²) in [5.74, 6) is -1.03. The second-order valence-corrected chi connectivity index (χ2v) is 5.16. The van der Waals surface area contributed by atoms with Gasteiger partial charge in [-0.05, 0) is 27.7 Å². The van der Waals surface area contributed by atoms with E-state index in [4.69, 9.17) is 21.4 Å². The fourth-order valence-corrected chi connectivity index (χ4v) is 1.17. The lowest BCUT2D eigenvalue weighted by molar-refractivity contribution is -0.138. The molecule has 0 aromatic carbocycles. The maximum absolute atomic E-state index is 11.4. The second kappa shape index (κ2) is 5.39. The Morgan fingerprint density at radius 2 is 1.81 bits per heavy atom. The molecule has 0 rings (SSSR count). The third kappa shape index (κ3) is 6.50. The number of carboxylic acid groups (broad SMARTS) is 1. The molecule has 16 heavy (non-hydrogen) atoms. The third-order valence-corrected chi connectivity index (χ3v) is 2.23. The van der Waals surface area contributed by atoms with Gasteiger partial charge in [-0.1, -0.05) is 0 Å². The van der Waals surface area contributed by atoms with Crippen LogP contribution in [0.15, 0.2) is 0 Å². The Morgan fingerprint density at radius 3 is 2.12 bits per heavy atom. The molecule has 0 aliphatic rings. The molecule has 0 saturated carbocycles. The number of nitrogens with one attached hydrogen (secondary N) is 1. The Bertz CT molecular complexity index is 274. The summed E-state index contributed by atoms with van der Waals surface area (Å²) >= 11 is 5.63. The highest BCUT2D eigenvalue weighted by Crippen LogP contribution is 2.14. The summed E-state index contributed by atoms with van der Waals surface area (Å²) < 4.78 is 5.02. The minimum atomic E-state index is -1.03. The number of carbonyl (C=O) groups is 2. The van der Waals surface area contributed by atoms with E-state index in [-0.39, 0.29) is 12.3 Å². The molecule has 2 N–H and O–H groups in total. The molecular weight excluding hydrogens is 234 g/mol. The predicted octanol–water partition coefficient (Wildman–Crippen LogP) is 1.98. The van der Waals surface area contributed by atoms with Crippen LogP contribution in [0.25, 0.3) is 0 Å². The smallest absolute Gasteiger partial charge is 0.408 e. The first-order valence-electron chi connectivity index (χ1n) is 4.87. The summed E-state index contributed by atoms with van der Waals surface area (Å²) in [6, 6.07) is 0. The highest BCUT2D eigenvalue weighted by atomic mass is 35.5.